The van der Waals surface area contributed by atoms with Crippen LogP contribution in [-0.2, 0) is 16.8 Å². The Labute approximate surface area is 201 Å². The van der Waals surface area contributed by atoms with Crippen molar-refractivity contribution in [2.45, 2.75) is 12.7 Å². The summed E-state index contributed by atoms with van der Waals surface area (Å²) in [6.07, 6.45) is 1.67. The lowest BCUT2D eigenvalue weighted by Gasteiger charge is -2.32. The summed E-state index contributed by atoms with van der Waals surface area (Å²) in [6, 6.07) is 9.91. The molecule has 3 heterocycles. The second kappa shape index (κ2) is 9.31. The van der Waals surface area contributed by atoms with Crippen LogP contribution in [-0.4, -0.2) is 64.5 Å². The van der Waals surface area contributed by atoms with Crippen LogP contribution in [0.5, 0.6) is 0 Å². The molecule has 0 fully saturated rings. The van der Waals surface area contributed by atoms with E-state index in [1.54, 1.807) is 41.2 Å². The molecule has 1 unspecified atom stereocenters. The first kappa shape index (κ1) is 24.1. The smallest absolute Gasteiger partial charge is 0.304 e. The Bertz CT molecular complexity index is 1450. The first-order valence-corrected chi connectivity index (χ1v) is 11.9. The van der Waals surface area contributed by atoms with Crippen LogP contribution in [0.2, 0.25) is 0 Å². The molecule has 1 atom stereocenters. The van der Waals surface area contributed by atoms with Gasteiger partial charge in [0.05, 0.1) is 13.1 Å². The number of benzene rings is 1. The summed E-state index contributed by atoms with van der Waals surface area (Å²) in [5, 5.41) is 15.6. The molecule has 6 N–H and O–H groups in total. The lowest BCUT2D eigenvalue weighted by molar-refractivity contribution is 0.443. The van der Waals surface area contributed by atoms with Gasteiger partial charge in [0, 0.05) is 37.5 Å². The van der Waals surface area contributed by atoms with Crippen LogP contribution >= 0.6 is 0 Å². The minimum atomic E-state index is -4.01. The van der Waals surface area contributed by atoms with Crippen LogP contribution in [0, 0.1) is 11.2 Å². The molecule has 0 bridgehead atoms. The van der Waals surface area contributed by atoms with Gasteiger partial charge in [-0.2, -0.15) is 17.8 Å². The zero-order valence-corrected chi connectivity index (χ0v) is 19.9. The maximum Gasteiger partial charge on any atom is 0.304 e. The molecular weight excluding hydrogens is 475 g/mol. The zero-order chi connectivity index (χ0) is 25.3. The maximum absolute atomic E-state index is 14.3. The predicted molar refractivity (Wildman–Crippen MR) is 130 cm³/mol. The minimum absolute atomic E-state index is 0.0459. The third kappa shape index (κ3) is 4.40. The van der Waals surface area contributed by atoms with Gasteiger partial charge >= 0.3 is 10.2 Å². The summed E-state index contributed by atoms with van der Waals surface area (Å²) in [5.74, 6) is -0.549. The molecule has 0 spiro atoms. The number of nitrogens with zero attached hydrogens (tertiary/aromatic N) is 6. The largest absolute Gasteiger partial charge is 0.384 e. The summed E-state index contributed by atoms with van der Waals surface area (Å²) in [6.45, 7) is -0.153. The van der Waals surface area contributed by atoms with Crippen molar-refractivity contribution in [3.05, 3.63) is 71.2 Å². The van der Waals surface area contributed by atoms with E-state index in [4.69, 9.17) is 16.9 Å². The van der Waals surface area contributed by atoms with E-state index in [1.165, 1.54) is 20.2 Å². The van der Waals surface area contributed by atoms with Crippen molar-refractivity contribution in [3.63, 3.8) is 0 Å². The van der Waals surface area contributed by atoms with Crippen LogP contribution in [0.15, 0.2) is 59.1 Å². The number of halogens is 1. The number of nitrogens with one attached hydrogen (secondary N) is 2. The van der Waals surface area contributed by atoms with Gasteiger partial charge < -0.3 is 22.2 Å². The lowest BCUT2D eigenvalue weighted by Crippen LogP contribution is -2.48. The Balaban J connectivity index is 1.75. The quantitative estimate of drug-likeness (QED) is 0.325. The van der Waals surface area contributed by atoms with Gasteiger partial charge in [-0.25, -0.2) is 23.4 Å². The van der Waals surface area contributed by atoms with Gasteiger partial charge in [-0.3, -0.25) is 0 Å². The third-order valence-electron chi connectivity index (χ3n) is 5.38. The Morgan fingerprint density at radius 1 is 1.23 bits per heavy atom. The van der Waals surface area contributed by atoms with Crippen molar-refractivity contribution in [1.82, 2.24) is 28.7 Å². The van der Waals surface area contributed by atoms with Gasteiger partial charge in [0.2, 0.25) is 0 Å². The molecule has 2 aromatic heterocycles. The van der Waals surface area contributed by atoms with Gasteiger partial charge in [0.15, 0.2) is 11.8 Å². The summed E-state index contributed by atoms with van der Waals surface area (Å²) in [4.78, 5) is 8.81. The number of fused-ring (bicyclic) bond motifs is 1. The highest BCUT2D eigenvalue weighted by atomic mass is 32.2. The van der Waals surface area contributed by atoms with E-state index in [0.29, 0.717) is 22.3 Å². The number of aromatic nitrogens is 3. The molecule has 1 aliphatic heterocycles. The van der Waals surface area contributed by atoms with Crippen molar-refractivity contribution in [2.75, 3.05) is 20.6 Å². The number of amidine groups is 1. The van der Waals surface area contributed by atoms with E-state index in [0.717, 1.165) is 14.8 Å². The Kier molecular flexibility index (Phi) is 6.41. The van der Waals surface area contributed by atoms with Gasteiger partial charge in [0.1, 0.15) is 28.9 Å². The van der Waals surface area contributed by atoms with Gasteiger partial charge in [-0.15, -0.1) is 0 Å². The number of pyridine rings is 1. The van der Waals surface area contributed by atoms with Crippen molar-refractivity contribution in [3.8, 4) is 0 Å². The van der Waals surface area contributed by atoms with E-state index in [9.17, 15) is 12.8 Å². The molecule has 0 saturated heterocycles. The van der Waals surface area contributed by atoms with Crippen molar-refractivity contribution in [1.29, 1.82) is 5.41 Å². The average molecular weight is 501 g/mol. The Morgan fingerprint density at radius 2 is 1.97 bits per heavy atom. The minimum Gasteiger partial charge on any atom is -0.384 e. The summed E-state index contributed by atoms with van der Waals surface area (Å²) < 4.78 is 43.3. The van der Waals surface area contributed by atoms with E-state index >= 15 is 0 Å². The van der Waals surface area contributed by atoms with Gasteiger partial charge in [-0.05, 0) is 18.2 Å². The molecule has 14 heteroatoms. The molecule has 0 amide bonds. The summed E-state index contributed by atoms with van der Waals surface area (Å²) in [7, 11) is -1.29. The monoisotopic (exact) mass is 500 g/mol. The molecule has 35 heavy (non-hydrogen) atoms. The van der Waals surface area contributed by atoms with Crippen LogP contribution in [0.3, 0.4) is 0 Å². The maximum atomic E-state index is 14.3. The summed E-state index contributed by atoms with van der Waals surface area (Å²) in [5.41, 5.74) is 13.7. The normalized spacial score (nSPS) is 16.3. The second-order valence-corrected chi connectivity index (χ2v) is 9.92. The topological polar surface area (TPSA) is 172 Å². The molecule has 1 aromatic carbocycles. The lowest BCUT2D eigenvalue weighted by atomic mass is 10.2. The molecule has 0 radical (unpaired) electrons. The van der Waals surface area contributed by atoms with Crippen LogP contribution in [0.4, 0.5) is 4.39 Å². The van der Waals surface area contributed by atoms with E-state index in [-0.39, 0.29) is 36.3 Å². The molecule has 1 aliphatic rings. The standard InChI is InChI=1S/C21H25FN10O2S/c1-30(2)35(33,34)32(11-9-23)17-18(24)27-20(28-19(17)25)16-14-7-5-10-26-21(14)31(29-16)12-13-6-3-4-8-15(13)22/h3-10,20,23,27H,11-12,24H2,1-2H3,(H2,25,28). The Hall–Kier alpha value is -4.04. The van der Waals surface area contributed by atoms with Gasteiger partial charge in [-0.1, -0.05) is 18.2 Å². The van der Waals surface area contributed by atoms with Crippen LogP contribution in [0.25, 0.3) is 11.0 Å². The predicted octanol–water partition coefficient (Wildman–Crippen LogP) is 0.463. The zero-order valence-electron chi connectivity index (χ0n) is 19.1. The van der Waals surface area contributed by atoms with Crippen LogP contribution < -0.4 is 16.8 Å². The Morgan fingerprint density at radius 3 is 2.63 bits per heavy atom. The number of nitrogens with two attached hydrogens (primary N) is 2. The number of aliphatic imine (C=N–C) groups is 1. The molecule has 184 valence electrons. The van der Waals surface area contributed by atoms with Gasteiger partial charge in [0.25, 0.3) is 0 Å². The van der Waals surface area contributed by atoms with Crippen molar-refractivity contribution in [2.24, 2.45) is 16.5 Å². The first-order chi connectivity index (χ1) is 16.6. The van der Waals surface area contributed by atoms with E-state index in [2.05, 4.69) is 20.4 Å². The second-order valence-electron chi connectivity index (χ2n) is 7.86. The number of hydrogen-bond acceptors (Lipinski definition) is 9. The fourth-order valence-electron chi connectivity index (χ4n) is 3.69. The van der Waals surface area contributed by atoms with E-state index < -0.39 is 16.4 Å². The molecule has 3 aromatic rings. The van der Waals surface area contributed by atoms with Crippen molar-refractivity contribution < 1.29 is 12.8 Å². The molecule has 12 nitrogen and oxygen atoms in total. The molecule has 0 aliphatic carbocycles. The fourth-order valence-corrected chi connectivity index (χ4v) is 4.77. The average Bonchev–Trinajstić information content (AvgIpc) is 3.18. The van der Waals surface area contributed by atoms with Crippen LogP contribution in [0.1, 0.15) is 17.4 Å². The first-order valence-electron chi connectivity index (χ1n) is 10.5. The highest BCUT2D eigenvalue weighted by Crippen LogP contribution is 2.28. The highest BCUT2D eigenvalue weighted by Gasteiger charge is 2.34. The number of rotatable bonds is 8. The number of hydrogen-bond donors (Lipinski definition) is 4. The molecular formula is C21H25FN10O2S. The fraction of sp³-hybridized carbons (Fsp3) is 0.238. The molecule has 0 saturated carbocycles. The van der Waals surface area contributed by atoms with Crippen molar-refractivity contribution >= 4 is 33.3 Å². The molecule has 4 rings (SSSR count). The third-order valence-corrected chi connectivity index (χ3v) is 7.19. The summed E-state index contributed by atoms with van der Waals surface area (Å²) >= 11 is 0. The SMILES string of the molecule is CN(C)S(=O)(=O)N(CC=N)C1=C(N)NC(c2nn(Cc3ccccc3F)c3ncccc23)N=C1N. The van der Waals surface area contributed by atoms with E-state index in [1.807, 2.05) is 0 Å². The highest BCUT2D eigenvalue weighted by molar-refractivity contribution is 7.86.